The van der Waals surface area contributed by atoms with Gasteiger partial charge in [-0.3, -0.25) is 4.79 Å². The van der Waals surface area contributed by atoms with Crippen LogP contribution in [-0.2, 0) is 4.74 Å². The molecular formula is C18H15ClN2O4S. The van der Waals surface area contributed by atoms with Gasteiger partial charge in [-0.1, -0.05) is 23.7 Å². The van der Waals surface area contributed by atoms with Gasteiger partial charge in [-0.15, -0.1) is 11.3 Å². The Labute approximate surface area is 158 Å². The van der Waals surface area contributed by atoms with Gasteiger partial charge < -0.3 is 14.5 Å². The normalized spacial score (nSPS) is 11.6. The second-order valence-electron chi connectivity index (χ2n) is 5.41. The molecule has 1 N–H and O–H groups in total. The van der Waals surface area contributed by atoms with E-state index in [4.69, 9.17) is 21.1 Å². The van der Waals surface area contributed by atoms with Gasteiger partial charge in [0.2, 0.25) is 0 Å². The molecule has 3 rings (SSSR count). The number of fused-ring (bicyclic) bond motifs is 1. The third-order valence-corrected chi connectivity index (χ3v) is 5.26. The highest BCUT2D eigenvalue weighted by Gasteiger charge is 2.20. The van der Waals surface area contributed by atoms with Gasteiger partial charge in [0.25, 0.3) is 5.56 Å². The summed E-state index contributed by atoms with van der Waals surface area (Å²) >= 11 is 7.44. The average Bonchev–Trinajstić information content (AvgIpc) is 2.98. The number of esters is 1. The van der Waals surface area contributed by atoms with E-state index < -0.39 is 5.97 Å². The number of benzene rings is 1. The topological polar surface area (TPSA) is 81.3 Å². The van der Waals surface area contributed by atoms with Crippen LogP contribution in [0.25, 0.3) is 21.3 Å². The second-order valence-corrected chi connectivity index (χ2v) is 6.81. The number of nitrogens with zero attached hydrogens (tertiary/aromatic N) is 1. The summed E-state index contributed by atoms with van der Waals surface area (Å²) in [6, 6.07) is 7.28. The molecule has 3 aromatic rings. The van der Waals surface area contributed by atoms with E-state index >= 15 is 0 Å². The van der Waals surface area contributed by atoms with Crippen LogP contribution in [0.15, 0.2) is 29.1 Å². The molecule has 0 bridgehead atoms. The number of H-pyrrole nitrogens is 1. The van der Waals surface area contributed by atoms with E-state index in [0.717, 1.165) is 22.6 Å². The number of aromatic nitrogens is 2. The molecule has 6 nitrogen and oxygen atoms in total. The second kappa shape index (κ2) is 7.31. The molecule has 0 radical (unpaired) electrons. The Hall–Kier alpha value is -2.64. The lowest BCUT2D eigenvalue weighted by molar-refractivity contribution is 0.0605. The van der Waals surface area contributed by atoms with Gasteiger partial charge in [0, 0.05) is 0 Å². The number of hydrogen-bond donors (Lipinski definition) is 1. The number of methoxy groups -OCH3 is 2. The number of carbonyl (C=O) groups is 1. The molecule has 0 aliphatic heterocycles. The van der Waals surface area contributed by atoms with Crippen LogP contribution >= 0.6 is 22.9 Å². The predicted octanol–water partition coefficient (Wildman–Crippen LogP) is 3.83. The molecule has 8 heteroatoms. The molecule has 2 heterocycles. The van der Waals surface area contributed by atoms with Crippen molar-refractivity contribution in [1.82, 2.24) is 9.97 Å². The average molecular weight is 391 g/mol. The summed E-state index contributed by atoms with van der Waals surface area (Å²) in [6.07, 6.45) is 1.69. The first-order valence-electron chi connectivity index (χ1n) is 7.58. The molecule has 1 aromatic carbocycles. The minimum Gasteiger partial charge on any atom is -0.497 e. The Morgan fingerprint density at radius 3 is 2.58 bits per heavy atom. The number of rotatable bonds is 4. The van der Waals surface area contributed by atoms with E-state index in [1.807, 2.05) is 12.1 Å². The van der Waals surface area contributed by atoms with Crippen molar-refractivity contribution in [1.29, 1.82) is 0 Å². The molecule has 134 valence electrons. The van der Waals surface area contributed by atoms with Gasteiger partial charge in [-0.05, 0) is 36.3 Å². The lowest BCUT2D eigenvalue weighted by Crippen LogP contribution is -2.10. The molecule has 0 spiro atoms. The molecular weight excluding hydrogens is 376 g/mol. The lowest BCUT2D eigenvalue weighted by Gasteiger charge is -2.02. The largest absolute Gasteiger partial charge is 0.497 e. The molecule has 0 saturated heterocycles. The third kappa shape index (κ3) is 3.36. The van der Waals surface area contributed by atoms with Crippen LogP contribution in [0.2, 0.25) is 0 Å². The summed E-state index contributed by atoms with van der Waals surface area (Å²) in [7, 11) is 2.89. The van der Waals surface area contributed by atoms with E-state index in [2.05, 4.69) is 9.97 Å². The number of ether oxygens (including phenoxy) is 2. The Morgan fingerprint density at radius 1 is 1.27 bits per heavy atom. The van der Waals surface area contributed by atoms with Crippen molar-refractivity contribution < 1.29 is 14.3 Å². The highest BCUT2D eigenvalue weighted by molar-refractivity contribution is 7.20. The van der Waals surface area contributed by atoms with Crippen molar-refractivity contribution in [3.05, 3.63) is 56.4 Å². The molecule has 0 atom stereocenters. The number of hydrogen-bond acceptors (Lipinski definition) is 6. The van der Waals surface area contributed by atoms with Gasteiger partial charge in [-0.2, -0.15) is 0 Å². The van der Waals surface area contributed by atoms with Crippen molar-refractivity contribution in [3.63, 3.8) is 0 Å². The summed E-state index contributed by atoms with van der Waals surface area (Å²) in [5.74, 6) is 0.472. The molecule has 0 aliphatic rings. The van der Waals surface area contributed by atoms with Crippen molar-refractivity contribution in [3.8, 4) is 5.75 Å². The summed E-state index contributed by atoms with van der Waals surface area (Å²) < 4.78 is 9.86. The summed E-state index contributed by atoms with van der Waals surface area (Å²) in [6.45, 7) is 1.69. The maximum Gasteiger partial charge on any atom is 0.348 e. The molecule has 26 heavy (non-hydrogen) atoms. The number of aryl methyl sites for hydroxylation is 1. The van der Waals surface area contributed by atoms with Crippen LogP contribution in [0.5, 0.6) is 5.75 Å². The SMILES string of the molecule is COC(=O)c1sc2nc(/C(Cl)=C/c3ccc(OC)cc3)[nH]c(=O)c2c1C. The van der Waals surface area contributed by atoms with Crippen molar-refractivity contribution in [2.75, 3.05) is 14.2 Å². The standard InChI is InChI=1S/C18H15ClN2O4S/c1-9-13-16(22)20-15(21-17(13)26-14(9)18(23)25-3)12(19)8-10-4-6-11(24-2)7-5-10/h4-8H,1-3H3,(H,20,21,22)/b12-8-. The first kappa shape index (κ1) is 18.2. The van der Waals surface area contributed by atoms with Crippen molar-refractivity contribution in [2.24, 2.45) is 0 Å². The van der Waals surface area contributed by atoms with Gasteiger partial charge in [0.15, 0.2) is 5.82 Å². The maximum absolute atomic E-state index is 12.4. The predicted molar refractivity (Wildman–Crippen MR) is 103 cm³/mol. The van der Waals surface area contributed by atoms with Crippen LogP contribution in [0.1, 0.15) is 26.6 Å². The van der Waals surface area contributed by atoms with Crippen molar-refractivity contribution in [2.45, 2.75) is 6.92 Å². The molecule has 2 aromatic heterocycles. The van der Waals surface area contributed by atoms with Crippen LogP contribution in [-0.4, -0.2) is 30.2 Å². The monoisotopic (exact) mass is 390 g/mol. The van der Waals surface area contributed by atoms with E-state index in [0.29, 0.717) is 20.7 Å². The van der Waals surface area contributed by atoms with E-state index in [9.17, 15) is 9.59 Å². The van der Waals surface area contributed by atoms with Crippen LogP contribution < -0.4 is 10.3 Å². The van der Waals surface area contributed by atoms with Crippen LogP contribution in [0.3, 0.4) is 0 Å². The zero-order chi connectivity index (χ0) is 18.8. The Kier molecular flexibility index (Phi) is 5.11. The van der Waals surface area contributed by atoms with Gasteiger partial charge in [-0.25, -0.2) is 9.78 Å². The molecule has 0 saturated carbocycles. The van der Waals surface area contributed by atoms with E-state index in [-0.39, 0.29) is 16.4 Å². The Morgan fingerprint density at radius 2 is 1.96 bits per heavy atom. The van der Waals surface area contributed by atoms with Gasteiger partial charge in [0.05, 0.1) is 24.6 Å². The lowest BCUT2D eigenvalue weighted by atomic mass is 10.2. The summed E-state index contributed by atoms with van der Waals surface area (Å²) in [5.41, 5.74) is 1.03. The molecule has 0 unspecified atom stereocenters. The highest BCUT2D eigenvalue weighted by atomic mass is 35.5. The van der Waals surface area contributed by atoms with Gasteiger partial charge in [0.1, 0.15) is 15.5 Å². The smallest absolute Gasteiger partial charge is 0.348 e. The highest BCUT2D eigenvalue weighted by Crippen LogP contribution is 2.29. The van der Waals surface area contributed by atoms with E-state index in [1.165, 1.54) is 7.11 Å². The minimum atomic E-state index is -0.494. The Balaban J connectivity index is 2.06. The van der Waals surface area contributed by atoms with Gasteiger partial charge >= 0.3 is 5.97 Å². The number of carbonyl (C=O) groups excluding carboxylic acids is 1. The summed E-state index contributed by atoms with van der Waals surface area (Å²) in [4.78, 5) is 32.1. The van der Waals surface area contributed by atoms with Crippen molar-refractivity contribution >= 4 is 50.2 Å². The van der Waals surface area contributed by atoms with Crippen LogP contribution in [0, 0.1) is 6.92 Å². The first-order valence-corrected chi connectivity index (χ1v) is 8.77. The quantitative estimate of drug-likeness (QED) is 0.685. The fourth-order valence-corrected chi connectivity index (χ4v) is 3.77. The first-order chi connectivity index (χ1) is 12.4. The fraction of sp³-hybridized carbons (Fsp3) is 0.167. The maximum atomic E-state index is 12.4. The zero-order valence-electron chi connectivity index (χ0n) is 14.3. The van der Waals surface area contributed by atoms with E-state index in [1.54, 1.807) is 32.2 Å². The summed E-state index contributed by atoms with van der Waals surface area (Å²) in [5, 5.41) is 0.646. The zero-order valence-corrected chi connectivity index (χ0v) is 15.8. The number of thiophene rings is 1. The van der Waals surface area contributed by atoms with Crippen LogP contribution in [0.4, 0.5) is 0 Å². The molecule has 0 fully saturated rings. The molecule has 0 aliphatic carbocycles. The fourth-order valence-electron chi connectivity index (χ4n) is 2.46. The Bertz CT molecular complexity index is 1070. The third-order valence-electron chi connectivity index (χ3n) is 3.81. The molecule has 0 amide bonds. The minimum absolute atomic E-state index is 0.234. The number of halogens is 1. The number of aromatic amines is 1. The number of nitrogens with one attached hydrogen (secondary N) is 1.